The molecular weight excluding hydrogens is 226 g/mol. The first-order chi connectivity index (χ1) is 8.78. The highest BCUT2D eigenvalue weighted by molar-refractivity contribution is 5.78. The predicted octanol–water partition coefficient (Wildman–Crippen LogP) is 0.977. The summed E-state index contributed by atoms with van der Waals surface area (Å²) in [6.45, 7) is 6.68. The molecule has 2 fully saturated rings. The molecule has 1 saturated heterocycles. The van der Waals surface area contributed by atoms with Gasteiger partial charge >= 0.3 is 0 Å². The van der Waals surface area contributed by atoms with Crippen LogP contribution >= 0.6 is 0 Å². The molecule has 0 spiro atoms. The van der Waals surface area contributed by atoms with E-state index in [4.69, 9.17) is 0 Å². The predicted molar refractivity (Wildman–Crippen MR) is 73.5 cm³/mol. The van der Waals surface area contributed by atoms with Gasteiger partial charge in [-0.15, -0.1) is 0 Å². The molecule has 4 heteroatoms. The highest BCUT2D eigenvalue weighted by Gasteiger charge is 2.22. The number of nitrogens with one attached hydrogen (secondary N) is 2. The van der Waals surface area contributed by atoms with E-state index in [0.29, 0.717) is 12.6 Å². The van der Waals surface area contributed by atoms with Gasteiger partial charge in [0.25, 0.3) is 0 Å². The lowest BCUT2D eigenvalue weighted by Gasteiger charge is -2.29. The van der Waals surface area contributed by atoms with Crippen molar-refractivity contribution in [3.63, 3.8) is 0 Å². The van der Waals surface area contributed by atoms with Crippen molar-refractivity contribution in [2.75, 3.05) is 32.7 Å². The van der Waals surface area contributed by atoms with Gasteiger partial charge < -0.3 is 10.6 Å². The number of nitrogens with zero attached hydrogens (tertiary/aromatic N) is 1. The molecule has 2 rings (SSSR count). The van der Waals surface area contributed by atoms with E-state index in [0.717, 1.165) is 32.1 Å². The standard InChI is InChI=1S/C14H27N3O/c1-2-17(10-13-5-3-4-8-15-13)11-14(18)16-9-12-6-7-12/h12-13,15H,2-11H2,1H3,(H,16,18). The normalized spacial score (nSPS) is 24.2. The summed E-state index contributed by atoms with van der Waals surface area (Å²) in [6, 6.07) is 0.579. The van der Waals surface area contributed by atoms with E-state index in [1.165, 1.54) is 32.1 Å². The summed E-state index contributed by atoms with van der Waals surface area (Å²) in [7, 11) is 0. The molecule has 0 aromatic heterocycles. The Morgan fingerprint density at radius 2 is 2.17 bits per heavy atom. The van der Waals surface area contributed by atoms with Crippen molar-refractivity contribution in [1.29, 1.82) is 0 Å². The highest BCUT2D eigenvalue weighted by atomic mass is 16.2. The van der Waals surface area contributed by atoms with Gasteiger partial charge in [-0.3, -0.25) is 9.69 Å². The number of likely N-dealkylation sites (N-methyl/N-ethyl adjacent to an activating group) is 1. The Hall–Kier alpha value is -0.610. The molecule has 0 aromatic carbocycles. The third-order valence-electron chi connectivity index (χ3n) is 3.99. The van der Waals surface area contributed by atoms with Crippen LogP contribution in [0.1, 0.15) is 39.0 Å². The summed E-state index contributed by atoms with van der Waals surface area (Å²) in [5.41, 5.74) is 0. The van der Waals surface area contributed by atoms with Crippen molar-refractivity contribution >= 4 is 5.91 Å². The zero-order valence-corrected chi connectivity index (χ0v) is 11.6. The van der Waals surface area contributed by atoms with E-state index in [-0.39, 0.29) is 5.91 Å². The zero-order chi connectivity index (χ0) is 12.8. The van der Waals surface area contributed by atoms with Crippen LogP contribution in [0.15, 0.2) is 0 Å². The molecule has 0 aromatic rings. The maximum atomic E-state index is 11.8. The van der Waals surface area contributed by atoms with Crippen molar-refractivity contribution < 1.29 is 4.79 Å². The van der Waals surface area contributed by atoms with Crippen molar-refractivity contribution in [2.45, 2.75) is 45.1 Å². The number of hydrogen-bond donors (Lipinski definition) is 2. The smallest absolute Gasteiger partial charge is 0.234 e. The molecule has 4 nitrogen and oxygen atoms in total. The number of carbonyl (C=O) groups is 1. The van der Waals surface area contributed by atoms with Crippen LogP contribution in [0.5, 0.6) is 0 Å². The Balaban J connectivity index is 1.64. The Bertz CT molecular complexity index is 260. The molecular formula is C14H27N3O. The second kappa shape index (κ2) is 7.10. The summed E-state index contributed by atoms with van der Waals surface area (Å²) < 4.78 is 0. The van der Waals surface area contributed by atoms with Crippen LogP contribution in [0.2, 0.25) is 0 Å². The van der Waals surface area contributed by atoms with Crippen LogP contribution in [0.25, 0.3) is 0 Å². The monoisotopic (exact) mass is 253 g/mol. The van der Waals surface area contributed by atoms with E-state index < -0.39 is 0 Å². The molecule has 2 N–H and O–H groups in total. The second-order valence-corrected chi connectivity index (χ2v) is 5.72. The van der Waals surface area contributed by atoms with Gasteiger partial charge in [0.2, 0.25) is 5.91 Å². The molecule has 1 saturated carbocycles. The fourth-order valence-electron chi connectivity index (χ4n) is 2.54. The minimum atomic E-state index is 0.194. The van der Waals surface area contributed by atoms with Gasteiger partial charge in [0, 0.05) is 19.1 Å². The SMILES string of the molecule is CCN(CC(=O)NCC1CC1)CC1CCCCN1. The van der Waals surface area contributed by atoms with E-state index in [2.05, 4.69) is 22.5 Å². The van der Waals surface area contributed by atoms with Gasteiger partial charge in [0.1, 0.15) is 0 Å². The highest BCUT2D eigenvalue weighted by Crippen LogP contribution is 2.27. The molecule has 104 valence electrons. The molecule has 18 heavy (non-hydrogen) atoms. The van der Waals surface area contributed by atoms with Crippen molar-refractivity contribution in [3.8, 4) is 0 Å². The lowest BCUT2D eigenvalue weighted by molar-refractivity contribution is -0.122. The summed E-state index contributed by atoms with van der Waals surface area (Å²) in [5.74, 6) is 0.962. The van der Waals surface area contributed by atoms with Crippen LogP contribution in [-0.2, 0) is 4.79 Å². The van der Waals surface area contributed by atoms with Crippen LogP contribution < -0.4 is 10.6 Å². The van der Waals surface area contributed by atoms with Crippen LogP contribution in [0, 0.1) is 5.92 Å². The lowest BCUT2D eigenvalue weighted by Crippen LogP contribution is -2.46. The molecule has 1 heterocycles. The quantitative estimate of drug-likeness (QED) is 0.711. The average Bonchev–Trinajstić information content (AvgIpc) is 3.21. The Morgan fingerprint density at radius 3 is 2.78 bits per heavy atom. The summed E-state index contributed by atoms with van der Waals surface area (Å²) in [5, 5.41) is 6.59. The van der Waals surface area contributed by atoms with Gasteiger partial charge in [-0.2, -0.15) is 0 Å². The van der Waals surface area contributed by atoms with E-state index in [1.54, 1.807) is 0 Å². The third kappa shape index (κ3) is 4.94. The molecule has 1 amide bonds. The number of carbonyl (C=O) groups excluding carboxylic acids is 1. The van der Waals surface area contributed by atoms with Crippen molar-refractivity contribution in [2.24, 2.45) is 5.92 Å². The average molecular weight is 253 g/mol. The molecule has 1 unspecified atom stereocenters. The first kappa shape index (κ1) is 13.8. The van der Waals surface area contributed by atoms with Gasteiger partial charge in [0.15, 0.2) is 0 Å². The van der Waals surface area contributed by atoms with Gasteiger partial charge in [-0.05, 0) is 44.7 Å². The molecule has 0 radical (unpaired) electrons. The lowest BCUT2D eigenvalue weighted by atomic mass is 10.0. The zero-order valence-electron chi connectivity index (χ0n) is 11.6. The molecule has 1 atom stereocenters. The molecule has 1 aliphatic carbocycles. The minimum absolute atomic E-state index is 0.194. The van der Waals surface area contributed by atoms with Crippen molar-refractivity contribution in [1.82, 2.24) is 15.5 Å². The number of amides is 1. The van der Waals surface area contributed by atoms with Gasteiger partial charge in [-0.1, -0.05) is 13.3 Å². The molecule has 1 aliphatic heterocycles. The van der Waals surface area contributed by atoms with Crippen molar-refractivity contribution in [3.05, 3.63) is 0 Å². The fourth-order valence-corrected chi connectivity index (χ4v) is 2.54. The van der Waals surface area contributed by atoms with Crippen LogP contribution in [0.4, 0.5) is 0 Å². The first-order valence-electron chi connectivity index (χ1n) is 7.50. The Kier molecular flexibility index (Phi) is 5.45. The summed E-state index contributed by atoms with van der Waals surface area (Å²) >= 11 is 0. The molecule has 0 bridgehead atoms. The Labute approximate surface area is 110 Å². The Morgan fingerprint density at radius 1 is 1.33 bits per heavy atom. The minimum Gasteiger partial charge on any atom is -0.355 e. The maximum absolute atomic E-state index is 11.8. The maximum Gasteiger partial charge on any atom is 0.234 e. The van der Waals surface area contributed by atoms with E-state index >= 15 is 0 Å². The number of piperidine rings is 1. The third-order valence-corrected chi connectivity index (χ3v) is 3.99. The topological polar surface area (TPSA) is 44.4 Å². The second-order valence-electron chi connectivity index (χ2n) is 5.72. The number of rotatable bonds is 7. The molecule has 2 aliphatic rings. The number of hydrogen-bond acceptors (Lipinski definition) is 3. The van der Waals surface area contributed by atoms with Crippen LogP contribution in [0.3, 0.4) is 0 Å². The summed E-state index contributed by atoms with van der Waals surface area (Å²) in [4.78, 5) is 14.1. The van der Waals surface area contributed by atoms with E-state index in [1.807, 2.05) is 0 Å². The summed E-state index contributed by atoms with van der Waals surface area (Å²) in [6.07, 6.45) is 6.46. The van der Waals surface area contributed by atoms with Gasteiger partial charge in [-0.25, -0.2) is 0 Å². The fraction of sp³-hybridized carbons (Fsp3) is 0.929. The van der Waals surface area contributed by atoms with E-state index in [9.17, 15) is 4.79 Å². The van der Waals surface area contributed by atoms with Crippen LogP contribution in [-0.4, -0.2) is 49.6 Å². The van der Waals surface area contributed by atoms with Gasteiger partial charge in [0.05, 0.1) is 6.54 Å². The largest absolute Gasteiger partial charge is 0.355 e. The first-order valence-corrected chi connectivity index (χ1v) is 7.50.